The summed E-state index contributed by atoms with van der Waals surface area (Å²) in [6.07, 6.45) is 0.908. The molecule has 2 heterocycles. The lowest BCUT2D eigenvalue weighted by Gasteiger charge is -2.20. The second kappa shape index (κ2) is 8.01. The smallest absolute Gasteiger partial charge is 0.257 e. The Morgan fingerprint density at radius 2 is 2.16 bits per heavy atom. The van der Waals surface area contributed by atoms with Crippen LogP contribution in [0.5, 0.6) is 0 Å². The Balaban J connectivity index is 1.75. The van der Waals surface area contributed by atoms with Crippen LogP contribution in [0.15, 0.2) is 40.1 Å². The van der Waals surface area contributed by atoms with E-state index in [-0.39, 0.29) is 5.82 Å². The van der Waals surface area contributed by atoms with Crippen molar-refractivity contribution in [3.05, 3.63) is 58.5 Å². The van der Waals surface area contributed by atoms with Crippen LogP contribution in [0.4, 0.5) is 4.39 Å². The maximum absolute atomic E-state index is 14.0. The average Bonchev–Trinajstić information content (AvgIpc) is 3.28. The molecule has 0 saturated heterocycles. The number of hydrogen-bond donors (Lipinski definition) is 0. The first-order chi connectivity index (χ1) is 12.2. The molecular weight excluding hydrogens is 339 g/mol. The Labute approximate surface area is 149 Å². The molecule has 0 bridgehead atoms. The van der Waals surface area contributed by atoms with Gasteiger partial charge in [0.25, 0.3) is 5.89 Å². The predicted molar refractivity (Wildman–Crippen MR) is 93.1 cm³/mol. The molecule has 5 nitrogen and oxygen atoms in total. The molecule has 7 heteroatoms. The van der Waals surface area contributed by atoms with Gasteiger partial charge in [0.1, 0.15) is 5.82 Å². The van der Waals surface area contributed by atoms with E-state index in [4.69, 9.17) is 9.68 Å². The van der Waals surface area contributed by atoms with Crippen molar-refractivity contribution >= 4 is 11.3 Å². The van der Waals surface area contributed by atoms with Gasteiger partial charge in [0, 0.05) is 12.1 Å². The van der Waals surface area contributed by atoms with Gasteiger partial charge in [-0.05, 0) is 42.6 Å². The highest BCUT2D eigenvalue weighted by Gasteiger charge is 2.15. The summed E-state index contributed by atoms with van der Waals surface area (Å²) in [7, 11) is 0. The SMILES string of the molecule is CCCN(Cc1nnc(-c2cccs2)o1)Cc1cc(C#N)ccc1F. The van der Waals surface area contributed by atoms with Crippen molar-refractivity contribution in [3.8, 4) is 16.8 Å². The quantitative estimate of drug-likeness (QED) is 0.634. The van der Waals surface area contributed by atoms with Crippen LogP contribution in [0.1, 0.15) is 30.4 Å². The molecule has 0 aliphatic rings. The van der Waals surface area contributed by atoms with E-state index in [1.54, 1.807) is 6.07 Å². The first kappa shape index (κ1) is 17.3. The third kappa shape index (κ3) is 4.29. The van der Waals surface area contributed by atoms with E-state index in [1.165, 1.54) is 23.5 Å². The van der Waals surface area contributed by atoms with Crippen LogP contribution in [0, 0.1) is 17.1 Å². The normalized spacial score (nSPS) is 11.0. The summed E-state index contributed by atoms with van der Waals surface area (Å²) in [5.41, 5.74) is 0.941. The van der Waals surface area contributed by atoms with Gasteiger partial charge in [-0.1, -0.05) is 13.0 Å². The van der Waals surface area contributed by atoms with E-state index in [0.717, 1.165) is 17.8 Å². The number of rotatable bonds is 7. The number of aromatic nitrogens is 2. The topological polar surface area (TPSA) is 66.0 Å². The summed E-state index contributed by atoms with van der Waals surface area (Å²) < 4.78 is 19.8. The van der Waals surface area contributed by atoms with Crippen LogP contribution >= 0.6 is 11.3 Å². The van der Waals surface area contributed by atoms with E-state index in [0.29, 0.717) is 36.0 Å². The fourth-order valence-electron chi connectivity index (χ4n) is 2.55. The molecule has 0 spiro atoms. The van der Waals surface area contributed by atoms with Crippen molar-refractivity contribution in [2.75, 3.05) is 6.54 Å². The van der Waals surface area contributed by atoms with Crippen molar-refractivity contribution in [2.45, 2.75) is 26.4 Å². The van der Waals surface area contributed by atoms with E-state index < -0.39 is 0 Å². The molecule has 0 saturated carbocycles. The first-order valence-electron chi connectivity index (χ1n) is 7.96. The van der Waals surface area contributed by atoms with Crippen molar-refractivity contribution in [3.63, 3.8) is 0 Å². The highest BCUT2D eigenvalue weighted by Crippen LogP contribution is 2.23. The Morgan fingerprint density at radius 3 is 2.88 bits per heavy atom. The Bertz CT molecular complexity index is 870. The number of hydrogen-bond acceptors (Lipinski definition) is 6. The van der Waals surface area contributed by atoms with Gasteiger partial charge in [-0.15, -0.1) is 21.5 Å². The monoisotopic (exact) mass is 356 g/mol. The summed E-state index contributed by atoms with van der Waals surface area (Å²) >= 11 is 1.54. The summed E-state index contributed by atoms with van der Waals surface area (Å²) in [4.78, 5) is 2.96. The van der Waals surface area contributed by atoms with E-state index >= 15 is 0 Å². The zero-order valence-corrected chi connectivity index (χ0v) is 14.6. The minimum absolute atomic E-state index is 0.315. The Kier molecular flexibility index (Phi) is 5.53. The van der Waals surface area contributed by atoms with Crippen LogP contribution in [0.3, 0.4) is 0 Å². The molecule has 0 fully saturated rings. The van der Waals surface area contributed by atoms with Crippen LogP contribution in [-0.2, 0) is 13.1 Å². The van der Waals surface area contributed by atoms with Crippen LogP contribution < -0.4 is 0 Å². The molecule has 0 aliphatic carbocycles. The first-order valence-corrected chi connectivity index (χ1v) is 8.84. The molecule has 25 heavy (non-hydrogen) atoms. The van der Waals surface area contributed by atoms with Crippen molar-refractivity contribution in [1.29, 1.82) is 5.26 Å². The molecular formula is C18H17FN4OS. The molecule has 2 aromatic heterocycles. The van der Waals surface area contributed by atoms with Crippen molar-refractivity contribution in [2.24, 2.45) is 0 Å². The van der Waals surface area contributed by atoms with Crippen LogP contribution in [0.2, 0.25) is 0 Å². The number of benzene rings is 1. The van der Waals surface area contributed by atoms with Gasteiger partial charge < -0.3 is 4.42 Å². The molecule has 0 amide bonds. The highest BCUT2D eigenvalue weighted by atomic mass is 32.1. The molecule has 0 unspecified atom stereocenters. The second-order valence-corrected chi connectivity index (χ2v) is 6.55. The zero-order chi connectivity index (χ0) is 17.6. The summed E-state index contributed by atoms with van der Waals surface area (Å²) in [6.45, 7) is 3.63. The van der Waals surface area contributed by atoms with Gasteiger partial charge in [0.05, 0.1) is 23.1 Å². The maximum Gasteiger partial charge on any atom is 0.257 e. The fourth-order valence-corrected chi connectivity index (χ4v) is 3.19. The number of nitrogens with zero attached hydrogens (tertiary/aromatic N) is 4. The van der Waals surface area contributed by atoms with Crippen LogP contribution in [0.25, 0.3) is 10.8 Å². The molecule has 0 radical (unpaired) electrons. The molecule has 1 aromatic carbocycles. The van der Waals surface area contributed by atoms with E-state index in [2.05, 4.69) is 17.1 Å². The lowest BCUT2D eigenvalue weighted by Crippen LogP contribution is -2.24. The van der Waals surface area contributed by atoms with Gasteiger partial charge in [-0.2, -0.15) is 5.26 Å². The van der Waals surface area contributed by atoms with Gasteiger partial charge >= 0.3 is 0 Å². The van der Waals surface area contributed by atoms with Gasteiger partial charge in [-0.3, -0.25) is 4.90 Å². The second-order valence-electron chi connectivity index (χ2n) is 5.61. The van der Waals surface area contributed by atoms with Crippen LogP contribution in [-0.4, -0.2) is 21.6 Å². The summed E-state index contributed by atoms with van der Waals surface area (Å²) in [5, 5.41) is 19.1. The minimum Gasteiger partial charge on any atom is -0.419 e. The largest absolute Gasteiger partial charge is 0.419 e. The molecule has 0 aliphatic heterocycles. The summed E-state index contributed by atoms with van der Waals surface area (Å²) in [5.74, 6) is 0.678. The minimum atomic E-state index is -0.315. The molecule has 0 atom stereocenters. The zero-order valence-electron chi connectivity index (χ0n) is 13.8. The van der Waals surface area contributed by atoms with Crippen molar-refractivity contribution < 1.29 is 8.81 Å². The fraction of sp³-hybridized carbons (Fsp3) is 0.278. The van der Waals surface area contributed by atoms with Gasteiger partial charge in [-0.25, -0.2) is 4.39 Å². The Hall–Kier alpha value is -2.56. The lowest BCUT2D eigenvalue weighted by atomic mass is 10.1. The standard InChI is InChI=1S/C18H17FN4OS/c1-2-7-23(11-14-9-13(10-20)5-6-15(14)19)12-17-21-22-18(24-17)16-4-3-8-25-16/h3-6,8-9H,2,7,11-12H2,1H3. The van der Waals surface area contributed by atoms with E-state index in [9.17, 15) is 4.39 Å². The third-order valence-electron chi connectivity index (χ3n) is 3.67. The lowest BCUT2D eigenvalue weighted by molar-refractivity contribution is 0.229. The molecule has 0 N–H and O–H groups in total. The van der Waals surface area contributed by atoms with Gasteiger partial charge in [0.2, 0.25) is 5.89 Å². The molecule has 128 valence electrons. The predicted octanol–water partition coefficient (Wildman–Crippen LogP) is 4.22. The number of halogens is 1. The highest BCUT2D eigenvalue weighted by molar-refractivity contribution is 7.13. The van der Waals surface area contributed by atoms with Crippen molar-refractivity contribution in [1.82, 2.24) is 15.1 Å². The molecule has 3 rings (SSSR count). The van der Waals surface area contributed by atoms with E-state index in [1.807, 2.05) is 28.5 Å². The number of thiophene rings is 1. The Morgan fingerprint density at radius 1 is 1.28 bits per heavy atom. The van der Waals surface area contributed by atoms with Gasteiger partial charge in [0.15, 0.2) is 0 Å². The average molecular weight is 356 g/mol. The molecule has 3 aromatic rings. The third-order valence-corrected chi connectivity index (χ3v) is 4.52. The number of nitriles is 1. The summed E-state index contributed by atoms with van der Waals surface area (Å²) in [6, 6.07) is 10.3. The maximum atomic E-state index is 14.0.